The van der Waals surface area contributed by atoms with Crippen LogP contribution < -0.4 is 15.0 Å². The SMILES string of the molecule is COc1cc2nc(CN(C)C(C)c3cccs3)[nH]c(=O)c2cc1OC. The molecule has 7 heteroatoms. The molecule has 0 spiro atoms. The lowest BCUT2D eigenvalue weighted by atomic mass is 10.2. The van der Waals surface area contributed by atoms with Crippen LogP contribution in [0.15, 0.2) is 34.4 Å². The Labute approximate surface area is 150 Å². The van der Waals surface area contributed by atoms with Gasteiger partial charge >= 0.3 is 0 Å². The van der Waals surface area contributed by atoms with Gasteiger partial charge in [-0.05, 0) is 31.5 Å². The van der Waals surface area contributed by atoms with E-state index in [1.165, 1.54) is 4.88 Å². The van der Waals surface area contributed by atoms with Crippen LogP contribution in [0.5, 0.6) is 11.5 Å². The molecule has 0 aliphatic carbocycles. The Morgan fingerprint density at radius 2 is 2.00 bits per heavy atom. The van der Waals surface area contributed by atoms with Crippen LogP contribution >= 0.6 is 11.3 Å². The predicted octanol–water partition coefficient (Wildman–Crippen LogP) is 3.19. The van der Waals surface area contributed by atoms with Gasteiger partial charge in [0.15, 0.2) is 11.5 Å². The number of thiophene rings is 1. The Bertz CT molecular complexity index is 921. The molecule has 0 aliphatic rings. The zero-order chi connectivity index (χ0) is 18.0. The highest BCUT2D eigenvalue weighted by Crippen LogP contribution is 2.30. The van der Waals surface area contributed by atoms with Crippen LogP contribution in [-0.4, -0.2) is 36.1 Å². The van der Waals surface area contributed by atoms with Crippen molar-refractivity contribution >= 4 is 22.2 Å². The fourth-order valence-corrected chi connectivity index (χ4v) is 3.56. The normalized spacial score (nSPS) is 12.5. The van der Waals surface area contributed by atoms with Gasteiger partial charge in [0.05, 0.1) is 31.7 Å². The quantitative estimate of drug-likeness (QED) is 0.732. The third-order valence-electron chi connectivity index (χ3n) is 4.28. The van der Waals surface area contributed by atoms with Crippen LogP contribution in [0.25, 0.3) is 10.9 Å². The van der Waals surface area contributed by atoms with Gasteiger partial charge in [0.25, 0.3) is 5.56 Å². The minimum absolute atomic E-state index is 0.182. The Balaban J connectivity index is 1.93. The van der Waals surface area contributed by atoms with Crippen molar-refractivity contribution in [1.29, 1.82) is 0 Å². The number of fused-ring (bicyclic) bond motifs is 1. The molecule has 3 rings (SSSR count). The van der Waals surface area contributed by atoms with E-state index >= 15 is 0 Å². The molecule has 0 amide bonds. The average molecular weight is 359 g/mol. The van der Waals surface area contributed by atoms with Crippen molar-refractivity contribution in [1.82, 2.24) is 14.9 Å². The second-order valence-electron chi connectivity index (χ2n) is 5.84. The molecule has 132 valence electrons. The van der Waals surface area contributed by atoms with E-state index in [0.29, 0.717) is 34.8 Å². The van der Waals surface area contributed by atoms with Gasteiger partial charge in [-0.1, -0.05) is 6.07 Å². The van der Waals surface area contributed by atoms with Gasteiger partial charge in [-0.25, -0.2) is 4.98 Å². The number of ether oxygens (including phenoxy) is 2. The highest BCUT2D eigenvalue weighted by atomic mass is 32.1. The number of hydrogen-bond donors (Lipinski definition) is 1. The van der Waals surface area contributed by atoms with Crippen molar-refractivity contribution in [3.63, 3.8) is 0 Å². The Morgan fingerprint density at radius 3 is 2.64 bits per heavy atom. The second-order valence-corrected chi connectivity index (χ2v) is 6.82. The van der Waals surface area contributed by atoms with Gasteiger partial charge in [0, 0.05) is 17.0 Å². The number of methoxy groups -OCH3 is 2. The molecule has 0 saturated carbocycles. The van der Waals surface area contributed by atoms with Crippen LogP contribution in [0.4, 0.5) is 0 Å². The van der Waals surface area contributed by atoms with Crippen LogP contribution in [0.2, 0.25) is 0 Å². The summed E-state index contributed by atoms with van der Waals surface area (Å²) in [5, 5.41) is 2.55. The molecule has 0 aliphatic heterocycles. The molecule has 3 aromatic rings. The smallest absolute Gasteiger partial charge is 0.258 e. The third-order valence-corrected chi connectivity index (χ3v) is 5.32. The van der Waals surface area contributed by atoms with Crippen LogP contribution in [-0.2, 0) is 6.54 Å². The summed E-state index contributed by atoms with van der Waals surface area (Å²) >= 11 is 1.72. The first kappa shape index (κ1) is 17.4. The maximum atomic E-state index is 12.4. The maximum absolute atomic E-state index is 12.4. The number of nitrogens with zero attached hydrogens (tertiary/aromatic N) is 2. The molecule has 2 heterocycles. The lowest BCUT2D eigenvalue weighted by Crippen LogP contribution is -2.24. The third kappa shape index (κ3) is 3.52. The van der Waals surface area contributed by atoms with E-state index in [-0.39, 0.29) is 11.6 Å². The van der Waals surface area contributed by atoms with Gasteiger partial charge in [0.1, 0.15) is 5.82 Å². The summed E-state index contributed by atoms with van der Waals surface area (Å²) in [5.74, 6) is 1.69. The number of aromatic nitrogens is 2. The molecule has 25 heavy (non-hydrogen) atoms. The number of nitrogens with one attached hydrogen (secondary N) is 1. The Kier molecular flexibility index (Phi) is 5.06. The number of aromatic amines is 1. The van der Waals surface area contributed by atoms with Crippen molar-refractivity contribution in [3.8, 4) is 11.5 Å². The molecular weight excluding hydrogens is 338 g/mol. The van der Waals surface area contributed by atoms with E-state index < -0.39 is 0 Å². The Hall–Kier alpha value is -2.38. The first-order chi connectivity index (χ1) is 12.0. The molecule has 1 atom stereocenters. The topological polar surface area (TPSA) is 67.5 Å². The molecule has 1 N–H and O–H groups in total. The first-order valence-corrected chi connectivity index (χ1v) is 8.80. The highest BCUT2D eigenvalue weighted by Gasteiger charge is 2.16. The summed E-state index contributed by atoms with van der Waals surface area (Å²) in [6, 6.07) is 7.78. The molecule has 0 bridgehead atoms. The summed E-state index contributed by atoms with van der Waals surface area (Å²) in [6.45, 7) is 2.68. The van der Waals surface area contributed by atoms with Gasteiger partial charge in [-0.2, -0.15) is 0 Å². The highest BCUT2D eigenvalue weighted by molar-refractivity contribution is 7.10. The van der Waals surface area contributed by atoms with Crippen molar-refractivity contribution in [2.75, 3.05) is 21.3 Å². The average Bonchev–Trinajstić information content (AvgIpc) is 3.14. The van der Waals surface area contributed by atoms with E-state index in [4.69, 9.17) is 9.47 Å². The minimum atomic E-state index is -0.182. The van der Waals surface area contributed by atoms with E-state index in [1.54, 1.807) is 37.7 Å². The number of hydrogen-bond acceptors (Lipinski definition) is 6. The molecule has 0 radical (unpaired) electrons. The molecule has 0 saturated heterocycles. The summed E-state index contributed by atoms with van der Waals surface area (Å²) in [4.78, 5) is 23.3. The van der Waals surface area contributed by atoms with E-state index in [9.17, 15) is 4.79 Å². The molecule has 1 aromatic carbocycles. The summed E-state index contributed by atoms with van der Waals surface area (Å²) in [5.41, 5.74) is 0.409. The molecule has 6 nitrogen and oxygen atoms in total. The van der Waals surface area contributed by atoms with Gasteiger partial charge in [0.2, 0.25) is 0 Å². The minimum Gasteiger partial charge on any atom is -0.493 e. The summed E-state index contributed by atoms with van der Waals surface area (Å²) in [7, 11) is 5.12. The lowest BCUT2D eigenvalue weighted by molar-refractivity contribution is 0.250. The molecule has 2 aromatic heterocycles. The second kappa shape index (κ2) is 7.25. The predicted molar refractivity (Wildman–Crippen MR) is 99.7 cm³/mol. The molecular formula is C18H21N3O3S. The van der Waals surface area contributed by atoms with E-state index in [2.05, 4.69) is 33.2 Å². The monoisotopic (exact) mass is 359 g/mol. The number of benzene rings is 1. The fourth-order valence-electron chi connectivity index (χ4n) is 2.71. The standard InChI is InChI=1S/C18H21N3O3S/c1-11(16-6-5-7-25-16)21(2)10-17-19-13-9-15(24-4)14(23-3)8-12(13)18(22)20-17/h5-9,11H,10H2,1-4H3,(H,19,20,22). The molecule has 0 fully saturated rings. The molecule has 1 unspecified atom stereocenters. The van der Waals surface area contributed by atoms with Crippen LogP contribution in [0.3, 0.4) is 0 Å². The summed E-state index contributed by atoms with van der Waals surface area (Å²) < 4.78 is 10.6. The van der Waals surface area contributed by atoms with E-state index in [0.717, 1.165) is 0 Å². The van der Waals surface area contributed by atoms with E-state index in [1.807, 2.05) is 13.1 Å². The zero-order valence-corrected chi connectivity index (χ0v) is 15.5. The number of rotatable bonds is 6. The summed E-state index contributed by atoms with van der Waals surface area (Å²) in [6.07, 6.45) is 0. The zero-order valence-electron chi connectivity index (χ0n) is 14.7. The first-order valence-electron chi connectivity index (χ1n) is 7.92. The van der Waals surface area contributed by atoms with Crippen molar-refractivity contribution < 1.29 is 9.47 Å². The van der Waals surface area contributed by atoms with Gasteiger partial charge in [-0.3, -0.25) is 9.69 Å². The van der Waals surface area contributed by atoms with Crippen molar-refractivity contribution in [2.45, 2.75) is 19.5 Å². The van der Waals surface area contributed by atoms with Crippen molar-refractivity contribution in [2.24, 2.45) is 0 Å². The maximum Gasteiger partial charge on any atom is 0.258 e. The van der Waals surface area contributed by atoms with Gasteiger partial charge in [-0.15, -0.1) is 11.3 Å². The van der Waals surface area contributed by atoms with Crippen LogP contribution in [0, 0.1) is 0 Å². The lowest BCUT2D eigenvalue weighted by Gasteiger charge is -2.23. The van der Waals surface area contributed by atoms with Crippen molar-refractivity contribution in [3.05, 3.63) is 50.7 Å². The van der Waals surface area contributed by atoms with Gasteiger partial charge < -0.3 is 14.5 Å². The Morgan fingerprint density at radius 1 is 1.28 bits per heavy atom. The largest absolute Gasteiger partial charge is 0.493 e. The fraction of sp³-hybridized carbons (Fsp3) is 0.333. The van der Waals surface area contributed by atoms with Crippen LogP contribution in [0.1, 0.15) is 23.7 Å². The number of H-pyrrole nitrogens is 1.